The molecule has 0 fully saturated rings. The number of methoxy groups -OCH3 is 1. The number of carbonyl (C=O) groups excluding carboxylic acids is 1. The Bertz CT molecular complexity index is 540. The second kappa shape index (κ2) is 4.74. The number of esters is 1. The number of nitrogens with zero attached hydrogens (tertiary/aromatic N) is 1. The van der Waals surface area contributed by atoms with Gasteiger partial charge in [0.15, 0.2) is 0 Å². The highest BCUT2D eigenvalue weighted by Crippen LogP contribution is 2.21. The molecule has 0 aliphatic heterocycles. The van der Waals surface area contributed by atoms with Gasteiger partial charge in [0.2, 0.25) is 0 Å². The zero-order chi connectivity index (χ0) is 12.3. The van der Waals surface area contributed by atoms with Crippen molar-refractivity contribution in [1.82, 2.24) is 4.98 Å². The molecule has 0 saturated heterocycles. The molecule has 0 N–H and O–H groups in total. The molecule has 3 nitrogen and oxygen atoms in total. The predicted octanol–water partition coefficient (Wildman–Crippen LogP) is 2.67. The summed E-state index contributed by atoms with van der Waals surface area (Å²) in [7, 11) is 1.22. The molecule has 2 rings (SSSR count). The summed E-state index contributed by atoms with van der Waals surface area (Å²) in [5.41, 5.74) is 1.39. The van der Waals surface area contributed by atoms with Gasteiger partial charge in [0.25, 0.3) is 0 Å². The summed E-state index contributed by atoms with van der Waals surface area (Å²) in [6, 6.07) is 7.94. The fraction of sp³-hybridized carbons (Fsp3) is 0.0769. The number of hydrogen-bond acceptors (Lipinski definition) is 3. The van der Waals surface area contributed by atoms with Crippen molar-refractivity contribution in [1.29, 1.82) is 0 Å². The molecule has 0 saturated carbocycles. The maximum Gasteiger partial charge on any atom is 0.340 e. The number of pyridine rings is 1. The van der Waals surface area contributed by atoms with E-state index in [9.17, 15) is 9.18 Å². The van der Waals surface area contributed by atoms with Crippen LogP contribution in [0.25, 0.3) is 11.1 Å². The lowest BCUT2D eigenvalue weighted by Crippen LogP contribution is -2.04. The maximum absolute atomic E-state index is 13.7. The standard InChI is InChI=1S/C13H10FNO2/c1-17-13(16)11-5-4-9(7-12(11)14)10-3-2-6-15-8-10/h2-8H,1H3. The molecule has 0 spiro atoms. The summed E-state index contributed by atoms with van der Waals surface area (Å²) in [4.78, 5) is 15.2. The first-order chi connectivity index (χ1) is 8.22. The largest absolute Gasteiger partial charge is 0.465 e. The van der Waals surface area contributed by atoms with Gasteiger partial charge >= 0.3 is 5.97 Å². The second-order valence-corrected chi connectivity index (χ2v) is 3.43. The summed E-state index contributed by atoms with van der Waals surface area (Å²) in [5, 5.41) is 0. The van der Waals surface area contributed by atoms with Crippen LogP contribution in [0.15, 0.2) is 42.7 Å². The Balaban J connectivity index is 2.41. The molecular weight excluding hydrogens is 221 g/mol. The van der Waals surface area contributed by atoms with Gasteiger partial charge in [0, 0.05) is 18.0 Å². The van der Waals surface area contributed by atoms with E-state index in [4.69, 9.17) is 0 Å². The van der Waals surface area contributed by atoms with Crippen molar-refractivity contribution in [2.75, 3.05) is 7.11 Å². The van der Waals surface area contributed by atoms with Crippen LogP contribution in [-0.2, 0) is 4.74 Å². The number of benzene rings is 1. The molecule has 0 unspecified atom stereocenters. The third-order valence-electron chi connectivity index (χ3n) is 2.37. The smallest absolute Gasteiger partial charge is 0.340 e. The lowest BCUT2D eigenvalue weighted by molar-refractivity contribution is 0.0595. The average molecular weight is 231 g/mol. The van der Waals surface area contributed by atoms with Crippen molar-refractivity contribution < 1.29 is 13.9 Å². The molecule has 0 bridgehead atoms. The van der Waals surface area contributed by atoms with Gasteiger partial charge in [-0.25, -0.2) is 9.18 Å². The van der Waals surface area contributed by atoms with Crippen molar-refractivity contribution in [2.45, 2.75) is 0 Å². The Morgan fingerprint density at radius 3 is 2.71 bits per heavy atom. The predicted molar refractivity (Wildman–Crippen MR) is 61.0 cm³/mol. The fourth-order valence-corrected chi connectivity index (χ4v) is 1.50. The number of carbonyl (C=O) groups is 1. The second-order valence-electron chi connectivity index (χ2n) is 3.43. The third-order valence-corrected chi connectivity index (χ3v) is 2.37. The van der Waals surface area contributed by atoms with Gasteiger partial charge in [-0.2, -0.15) is 0 Å². The molecule has 1 aromatic carbocycles. The highest BCUT2D eigenvalue weighted by Gasteiger charge is 2.12. The quantitative estimate of drug-likeness (QED) is 0.746. The molecule has 17 heavy (non-hydrogen) atoms. The van der Waals surface area contributed by atoms with Crippen molar-refractivity contribution in [3.05, 3.63) is 54.1 Å². The fourth-order valence-electron chi connectivity index (χ4n) is 1.50. The molecule has 1 aromatic heterocycles. The monoisotopic (exact) mass is 231 g/mol. The molecule has 2 aromatic rings. The van der Waals surface area contributed by atoms with Crippen molar-refractivity contribution in [3.8, 4) is 11.1 Å². The summed E-state index contributed by atoms with van der Waals surface area (Å²) in [5.74, 6) is -1.28. The van der Waals surface area contributed by atoms with Crippen molar-refractivity contribution in [3.63, 3.8) is 0 Å². The van der Waals surface area contributed by atoms with Crippen LogP contribution in [0, 0.1) is 5.82 Å². The van der Waals surface area contributed by atoms with Crippen LogP contribution in [0.4, 0.5) is 4.39 Å². The van der Waals surface area contributed by atoms with Crippen LogP contribution in [0.1, 0.15) is 10.4 Å². The molecule has 0 aliphatic carbocycles. The summed E-state index contributed by atoms with van der Waals surface area (Å²) in [6.45, 7) is 0. The highest BCUT2D eigenvalue weighted by molar-refractivity contribution is 5.90. The van der Waals surface area contributed by atoms with E-state index in [-0.39, 0.29) is 5.56 Å². The van der Waals surface area contributed by atoms with E-state index in [2.05, 4.69) is 9.72 Å². The first-order valence-electron chi connectivity index (χ1n) is 5.00. The number of halogens is 1. The van der Waals surface area contributed by atoms with E-state index in [1.54, 1.807) is 24.5 Å². The zero-order valence-electron chi connectivity index (χ0n) is 9.18. The first-order valence-corrected chi connectivity index (χ1v) is 5.00. The van der Waals surface area contributed by atoms with Crippen LogP contribution in [-0.4, -0.2) is 18.1 Å². The number of aromatic nitrogens is 1. The van der Waals surface area contributed by atoms with E-state index >= 15 is 0 Å². The van der Waals surface area contributed by atoms with E-state index in [1.807, 2.05) is 6.07 Å². The van der Waals surface area contributed by atoms with E-state index in [1.165, 1.54) is 19.2 Å². The summed E-state index contributed by atoms with van der Waals surface area (Å²) in [6.07, 6.45) is 3.27. The number of ether oxygens (including phenoxy) is 1. The lowest BCUT2D eigenvalue weighted by Gasteiger charge is -2.04. The van der Waals surface area contributed by atoms with Crippen LogP contribution in [0.3, 0.4) is 0 Å². The topological polar surface area (TPSA) is 39.2 Å². The molecule has 0 radical (unpaired) electrons. The normalized spacial score (nSPS) is 10.0. The summed E-state index contributed by atoms with van der Waals surface area (Å²) < 4.78 is 18.1. The Labute approximate surface area is 97.9 Å². The van der Waals surface area contributed by atoms with Crippen LogP contribution in [0.5, 0.6) is 0 Å². The maximum atomic E-state index is 13.7. The Morgan fingerprint density at radius 1 is 1.29 bits per heavy atom. The van der Waals surface area contributed by atoms with E-state index in [0.717, 1.165) is 5.56 Å². The number of rotatable bonds is 2. The van der Waals surface area contributed by atoms with Crippen LogP contribution >= 0.6 is 0 Å². The van der Waals surface area contributed by atoms with Gasteiger partial charge in [-0.3, -0.25) is 4.98 Å². The van der Waals surface area contributed by atoms with Crippen molar-refractivity contribution >= 4 is 5.97 Å². The SMILES string of the molecule is COC(=O)c1ccc(-c2cccnc2)cc1F. The molecule has 86 valence electrons. The molecule has 0 amide bonds. The molecule has 4 heteroatoms. The van der Waals surface area contributed by atoms with Gasteiger partial charge in [-0.15, -0.1) is 0 Å². The molecule has 0 atom stereocenters. The Kier molecular flexibility index (Phi) is 3.14. The third kappa shape index (κ3) is 2.30. The van der Waals surface area contributed by atoms with Gasteiger partial charge in [-0.05, 0) is 23.8 Å². The van der Waals surface area contributed by atoms with E-state index in [0.29, 0.717) is 5.56 Å². The highest BCUT2D eigenvalue weighted by atomic mass is 19.1. The van der Waals surface area contributed by atoms with Crippen LogP contribution < -0.4 is 0 Å². The van der Waals surface area contributed by atoms with Gasteiger partial charge in [-0.1, -0.05) is 12.1 Å². The minimum Gasteiger partial charge on any atom is -0.465 e. The lowest BCUT2D eigenvalue weighted by atomic mass is 10.1. The Morgan fingerprint density at radius 2 is 2.12 bits per heavy atom. The van der Waals surface area contributed by atoms with Gasteiger partial charge in [0.05, 0.1) is 12.7 Å². The van der Waals surface area contributed by atoms with Gasteiger partial charge < -0.3 is 4.74 Å². The zero-order valence-corrected chi connectivity index (χ0v) is 9.18. The van der Waals surface area contributed by atoms with Gasteiger partial charge in [0.1, 0.15) is 5.82 Å². The Hall–Kier alpha value is -2.23. The summed E-state index contributed by atoms with van der Waals surface area (Å²) >= 11 is 0. The van der Waals surface area contributed by atoms with Crippen LogP contribution in [0.2, 0.25) is 0 Å². The first kappa shape index (κ1) is 11.3. The molecular formula is C13H10FNO2. The van der Waals surface area contributed by atoms with Crippen molar-refractivity contribution in [2.24, 2.45) is 0 Å². The number of hydrogen-bond donors (Lipinski definition) is 0. The van der Waals surface area contributed by atoms with E-state index < -0.39 is 11.8 Å². The molecule has 1 heterocycles. The minimum absolute atomic E-state index is 0.0693. The average Bonchev–Trinajstić information content (AvgIpc) is 2.39. The molecule has 0 aliphatic rings. The minimum atomic E-state index is -0.680.